The Morgan fingerprint density at radius 3 is 2.64 bits per heavy atom. The Morgan fingerprint density at radius 2 is 1.92 bits per heavy atom. The summed E-state index contributed by atoms with van der Waals surface area (Å²) in [5.41, 5.74) is 1.54. The zero-order valence-corrected chi connectivity index (χ0v) is 15.2. The summed E-state index contributed by atoms with van der Waals surface area (Å²) < 4.78 is 6.05. The third-order valence-corrected chi connectivity index (χ3v) is 4.54. The van der Waals surface area contributed by atoms with Crippen molar-refractivity contribution in [2.75, 3.05) is 11.9 Å². The van der Waals surface area contributed by atoms with E-state index < -0.39 is 11.5 Å². The van der Waals surface area contributed by atoms with Gasteiger partial charge >= 0.3 is 5.63 Å². The molecular formula is C19H17BrN2O3. The highest BCUT2D eigenvalue weighted by molar-refractivity contribution is 9.10. The minimum atomic E-state index is -0.660. The first-order chi connectivity index (χ1) is 12.1. The molecule has 0 radical (unpaired) electrons. The van der Waals surface area contributed by atoms with E-state index in [2.05, 4.69) is 26.6 Å². The summed E-state index contributed by atoms with van der Waals surface area (Å²) in [5.74, 6) is -0.452. The van der Waals surface area contributed by atoms with Gasteiger partial charge < -0.3 is 15.1 Å². The van der Waals surface area contributed by atoms with Crippen LogP contribution in [-0.2, 0) is 6.54 Å². The van der Waals surface area contributed by atoms with Crippen LogP contribution in [0, 0.1) is 0 Å². The van der Waals surface area contributed by atoms with Crippen LogP contribution >= 0.6 is 15.9 Å². The second kappa shape index (κ2) is 7.53. The molecule has 5 nitrogen and oxygen atoms in total. The first kappa shape index (κ1) is 17.2. The van der Waals surface area contributed by atoms with Crippen LogP contribution in [0.5, 0.6) is 0 Å². The average molecular weight is 401 g/mol. The molecule has 0 aliphatic heterocycles. The highest BCUT2D eigenvalue weighted by Gasteiger charge is 2.16. The van der Waals surface area contributed by atoms with Gasteiger partial charge in [0.05, 0.1) is 10.2 Å². The van der Waals surface area contributed by atoms with Crippen molar-refractivity contribution in [3.8, 4) is 0 Å². The Labute approximate surface area is 153 Å². The molecule has 2 aromatic carbocycles. The van der Waals surface area contributed by atoms with Gasteiger partial charge in [-0.25, -0.2) is 4.79 Å². The van der Waals surface area contributed by atoms with Gasteiger partial charge in [0.2, 0.25) is 0 Å². The standard InChI is InChI=1S/C19H17BrN2O3/c1-2-21-15-9-8-13-10-14(19(24)25-17(13)16(15)20)18(23)22-11-12-6-4-3-5-7-12/h3-10,21H,2,11H2,1H3,(H,22,23). The monoisotopic (exact) mass is 400 g/mol. The number of rotatable bonds is 5. The third-order valence-electron chi connectivity index (χ3n) is 3.75. The van der Waals surface area contributed by atoms with E-state index in [-0.39, 0.29) is 5.56 Å². The van der Waals surface area contributed by atoms with Crippen molar-refractivity contribution in [2.45, 2.75) is 13.5 Å². The predicted octanol–water partition coefficient (Wildman–Crippen LogP) is 3.92. The average Bonchev–Trinajstić information content (AvgIpc) is 2.63. The number of nitrogens with one attached hydrogen (secondary N) is 2. The number of amides is 1. The molecule has 0 bridgehead atoms. The molecular weight excluding hydrogens is 384 g/mol. The van der Waals surface area contributed by atoms with Crippen LogP contribution in [0.1, 0.15) is 22.8 Å². The second-order valence-corrected chi connectivity index (χ2v) is 6.28. The summed E-state index contributed by atoms with van der Waals surface area (Å²) in [4.78, 5) is 24.6. The summed E-state index contributed by atoms with van der Waals surface area (Å²) in [5, 5.41) is 6.60. The van der Waals surface area contributed by atoms with Gasteiger partial charge in [0.25, 0.3) is 5.91 Å². The number of fused-ring (bicyclic) bond motifs is 1. The van der Waals surface area contributed by atoms with E-state index in [0.29, 0.717) is 22.0 Å². The van der Waals surface area contributed by atoms with Crippen LogP contribution in [0.4, 0.5) is 5.69 Å². The summed E-state index contributed by atoms with van der Waals surface area (Å²) >= 11 is 3.44. The van der Waals surface area contributed by atoms with Crippen molar-refractivity contribution in [2.24, 2.45) is 0 Å². The fraction of sp³-hybridized carbons (Fsp3) is 0.158. The van der Waals surface area contributed by atoms with Gasteiger partial charge in [0.15, 0.2) is 5.58 Å². The Balaban J connectivity index is 1.89. The molecule has 0 aliphatic rings. The molecule has 0 saturated carbocycles. The normalized spacial score (nSPS) is 10.6. The van der Waals surface area contributed by atoms with Crippen molar-refractivity contribution < 1.29 is 9.21 Å². The Hall–Kier alpha value is -2.60. The molecule has 6 heteroatoms. The van der Waals surface area contributed by atoms with Gasteiger partial charge in [-0.2, -0.15) is 0 Å². The van der Waals surface area contributed by atoms with Crippen LogP contribution in [0.15, 0.2) is 62.2 Å². The Bertz CT molecular complexity index is 968. The topological polar surface area (TPSA) is 71.3 Å². The maximum Gasteiger partial charge on any atom is 0.349 e. The van der Waals surface area contributed by atoms with Crippen molar-refractivity contribution in [3.63, 3.8) is 0 Å². The summed E-state index contributed by atoms with van der Waals surface area (Å²) in [6, 6.07) is 14.8. The van der Waals surface area contributed by atoms with E-state index in [9.17, 15) is 9.59 Å². The van der Waals surface area contributed by atoms with E-state index in [1.807, 2.05) is 49.4 Å². The van der Waals surface area contributed by atoms with Crippen LogP contribution in [0.25, 0.3) is 11.0 Å². The SMILES string of the molecule is CCNc1ccc2cc(C(=O)NCc3ccccc3)c(=O)oc2c1Br. The Kier molecular flexibility index (Phi) is 5.19. The van der Waals surface area contributed by atoms with Crippen molar-refractivity contribution in [1.82, 2.24) is 5.32 Å². The smallest absolute Gasteiger partial charge is 0.349 e. The molecule has 0 spiro atoms. The van der Waals surface area contributed by atoms with Gasteiger partial charge in [-0.05, 0) is 46.6 Å². The molecule has 0 atom stereocenters. The highest BCUT2D eigenvalue weighted by atomic mass is 79.9. The Morgan fingerprint density at radius 1 is 1.16 bits per heavy atom. The minimum absolute atomic E-state index is 0.00784. The highest BCUT2D eigenvalue weighted by Crippen LogP contribution is 2.31. The number of anilines is 1. The van der Waals surface area contributed by atoms with Gasteiger partial charge in [-0.1, -0.05) is 30.3 Å². The lowest BCUT2D eigenvalue weighted by Gasteiger charge is -2.09. The van der Waals surface area contributed by atoms with Crippen LogP contribution in [0.2, 0.25) is 0 Å². The molecule has 1 aromatic heterocycles. The van der Waals surface area contributed by atoms with Crippen molar-refractivity contribution in [1.29, 1.82) is 0 Å². The maximum absolute atomic E-state index is 12.3. The number of halogens is 1. The van der Waals surface area contributed by atoms with Crippen molar-refractivity contribution >= 4 is 38.5 Å². The maximum atomic E-state index is 12.3. The van der Waals surface area contributed by atoms with Crippen LogP contribution in [0.3, 0.4) is 0 Å². The number of hydrogen-bond acceptors (Lipinski definition) is 4. The summed E-state index contributed by atoms with van der Waals surface area (Å²) in [7, 11) is 0. The fourth-order valence-corrected chi connectivity index (χ4v) is 3.09. The fourth-order valence-electron chi connectivity index (χ4n) is 2.51. The second-order valence-electron chi connectivity index (χ2n) is 5.49. The minimum Gasteiger partial charge on any atom is -0.421 e. The molecule has 2 N–H and O–H groups in total. The van der Waals surface area contributed by atoms with E-state index in [4.69, 9.17) is 4.42 Å². The zero-order valence-electron chi connectivity index (χ0n) is 13.6. The molecule has 0 aliphatic carbocycles. The summed E-state index contributed by atoms with van der Waals surface area (Å²) in [6.45, 7) is 3.07. The first-order valence-corrected chi connectivity index (χ1v) is 8.71. The molecule has 1 heterocycles. The van der Waals surface area contributed by atoms with E-state index in [0.717, 1.165) is 17.8 Å². The molecule has 128 valence electrons. The lowest BCUT2D eigenvalue weighted by molar-refractivity contribution is 0.0947. The molecule has 1 amide bonds. The number of benzene rings is 2. The lowest BCUT2D eigenvalue weighted by atomic mass is 10.1. The summed E-state index contributed by atoms with van der Waals surface area (Å²) in [6.07, 6.45) is 0. The van der Waals surface area contributed by atoms with E-state index >= 15 is 0 Å². The van der Waals surface area contributed by atoms with Crippen LogP contribution < -0.4 is 16.3 Å². The van der Waals surface area contributed by atoms with Gasteiger partial charge in [0, 0.05) is 18.5 Å². The molecule has 0 unspecified atom stereocenters. The van der Waals surface area contributed by atoms with Crippen LogP contribution in [-0.4, -0.2) is 12.5 Å². The molecule has 3 rings (SSSR count). The van der Waals surface area contributed by atoms with Gasteiger partial charge in [0.1, 0.15) is 5.56 Å². The molecule has 0 fully saturated rings. The molecule has 0 saturated heterocycles. The molecule has 25 heavy (non-hydrogen) atoms. The van der Waals surface area contributed by atoms with Gasteiger partial charge in [-0.15, -0.1) is 0 Å². The quantitative estimate of drug-likeness (QED) is 0.636. The zero-order chi connectivity index (χ0) is 17.8. The number of carbonyl (C=O) groups excluding carboxylic acids is 1. The largest absolute Gasteiger partial charge is 0.421 e. The number of hydrogen-bond donors (Lipinski definition) is 2. The van der Waals surface area contributed by atoms with E-state index in [1.54, 1.807) is 6.07 Å². The third kappa shape index (κ3) is 3.74. The van der Waals surface area contributed by atoms with Crippen molar-refractivity contribution in [3.05, 3.63) is 74.6 Å². The molecule has 3 aromatic rings. The predicted molar refractivity (Wildman–Crippen MR) is 102 cm³/mol. The van der Waals surface area contributed by atoms with E-state index in [1.165, 1.54) is 0 Å². The van der Waals surface area contributed by atoms with Gasteiger partial charge in [-0.3, -0.25) is 4.79 Å². The first-order valence-electron chi connectivity index (χ1n) is 7.92. The number of carbonyl (C=O) groups is 1. The lowest BCUT2D eigenvalue weighted by Crippen LogP contribution is -2.27.